The van der Waals surface area contributed by atoms with Gasteiger partial charge in [-0.2, -0.15) is 0 Å². The zero-order chi connectivity index (χ0) is 17.7. The van der Waals surface area contributed by atoms with Gasteiger partial charge in [-0.25, -0.2) is 13.1 Å². The molecule has 2 aromatic rings. The van der Waals surface area contributed by atoms with Crippen LogP contribution in [0.2, 0.25) is 0 Å². The van der Waals surface area contributed by atoms with Crippen molar-refractivity contribution < 1.29 is 8.42 Å². The summed E-state index contributed by atoms with van der Waals surface area (Å²) in [5.74, 6) is 0. The van der Waals surface area contributed by atoms with Crippen LogP contribution in [0.3, 0.4) is 0 Å². The average Bonchev–Trinajstić information content (AvgIpc) is 2.68. The van der Waals surface area contributed by atoms with Crippen LogP contribution in [-0.2, 0) is 10.0 Å². The molecule has 134 valence electrons. The fraction of sp³-hybridized carbons (Fsp3) is 0.389. The third kappa shape index (κ3) is 4.56. The Kier molecular flexibility index (Phi) is 5.67. The number of anilines is 1. The second kappa shape index (κ2) is 7.95. The van der Waals surface area contributed by atoms with Crippen LogP contribution >= 0.6 is 0 Å². The second-order valence-electron chi connectivity index (χ2n) is 6.25. The highest BCUT2D eigenvalue weighted by Gasteiger charge is 2.23. The predicted molar refractivity (Wildman–Crippen MR) is 99.1 cm³/mol. The standard InChI is InChI=1S/C18H24N4O2S/c1-16(14-20-25(23,24)18-8-5-9-19-15-18)21-10-12-22(13-11-21)17-6-3-2-4-7-17/h2-9,15-16,20H,10-14H2,1H3. The highest BCUT2D eigenvalue weighted by atomic mass is 32.2. The number of piperazine rings is 1. The molecule has 1 N–H and O–H groups in total. The van der Waals surface area contributed by atoms with E-state index in [0.717, 1.165) is 26.2 Å². The first-order chi connectivity index (χ1) is 12.1. The van der Waals surface area contributed by atoms with Crippen molar-refractivity contribution in [1.29, 1.82) is 0 Å². The first kappa shape index (κ1) is 17.8. The summed E-state index contributed by atoms with van der Waals surface area (Å²) in [6.07, 6.45) is 2.93. The SMILES string of the molecule is CC(CNS(=O)(=O)c1cccnc1)N1CCN(c2ccccc2)CC1. The summed E-state index contributed by atoms with van der Waals surface area (Å²) in [6.45, 7) is 6.19. The van der Waals surface area contributed by atoms with Gasteiger partial charge in [-0.1, -0.05) is 18.2 Å². The van der Waals surface area contributed by atoms with E-state index in [9.17, 15) is 8.42 Å². The van der Waals surface area contributed by atoms with Gasteiger partial charge < -0.3 is 4.90 Å². The molecule has 1 aliphatic heterocycles. The van der Waals surface area contributed by atoms with Crippen molar-refractivity contribution in [3.63, 3.8) is 0 Å². The molecule has 6 nitrogen and oxygen atoms in total. The Morgan fingerprint density at radius 2 is 1.80 bits per heavy atom. The number of nitrogens with one attached hydrogen (secondary N) is 1. The molecule has 25 heavy (non-hydrogen) atoms. The quantitative estimate of drug-likeness (QED) is 0.847. The number of hydrogen-bond donors (Lipinski definition) is 1. The zero-order valence-electron chi connectivity index (χ0n) is 14.4. The highest BCUT2D eigenvalue weighted by Crippen LogP contribution is 2.16. The number of benzene rings is 1. The molecule has 1 atom stereocenters. The molecule has 1 saturated heterocycles. The first-order valence-corrected chi connectivity index (χ1v) is 9.98. The molecule has 0 amide bonds. The normalized spacial score (nSPS) is 17.4. The van der Waals surface area contributed by atoms with Crippen LogP contribution in [-0.4, -0.2) is 57.1 Å². The molecule has 0 radical (unpaired) electrons. The Morgan fingerprint density at radius 3 is 2.44 bits per heavy atom. The maximum atomic E-state index is 12.3. The molecule has 1 fully saturated rings. The molecule has 1 unspecified atom stereocenters. The van der Waals surface area contributed by atoms with Crippen molar-refractivity contribution in [2.75, 3.05) is 37.6 Å². The third-order valence-corrected chi connectivity index (χ3v) is 5.98. The molecule has 1 aromatic heterocycles. The van der Waals surface area contributed by atoms with Gasteiger partial charge in [0.1, 0.15) is 4.90 Å². The van der Waals surface area contributed by atoms with Crippen LogP contribution < -0.4 is 9.62 Å². The van der Waals surface area contributed by atoms with Gasteiger partial charge in [0.25, 0.3) is 0 Å². The number of pyridine rings is 1. The van der Waals surface area contributed by atoms with Gasteiger partial charge >= 0.3 is 0 Å². The molecule has 0 saturated carbocycles. The van der Waals surface area contributed by atoms with E-state index < -0.39 is 10.0 Å². The van der Waals surface area contributed by atoms with E-state index in [-0.39, 0.29) is 10.9 Å². The summed E-state index contributed by atoms with van der Waals surface area (Å²) < 4.78 is 27.2. The lowest BCUT2D eigenvalue weighted by Crippen LogP contribution is -2.52. The van der Waals surface area contributed by atoms with E-state index in [1.54, 1.807) is 18.3 Å². The van der Waals surface area contributed by atoms with Crippen LogP contribution in [0.4, 0.5) is 5.69 Å². The Labute approximate surface area is 149 Å². The number of nitrogens with zero attached hydrogens (tertiary/aromatic N) is 3. The molecule has 3 rings (SSSR count). The summed E-state index contributed by atoms with van der Waals surface area (Å²) in [5.41, 5.74) is 1.24. The summed E-state index contributed by atoms with van der Waals surface area (Å²) in [7, 11) is -3.50. The maximum Gasteiger partial charge on any atom is 0.242 e. The fourth-order valence-electron chi connectivity index (χ4n) is 3.01. The summed E-state index contributed by atoms with van der Waals surface area (Å²) in [4.78, 5) is 8.76. The van der Waals surface area contributed by atoms with Gasteiger partial charge in [-0.05, 0) is 31.2 Å². The first-order valence-electron chi connectivity index (χ1n) is 8.50. The van der Waals surface area contributed by atoms with Gasteiger partial charge in [-0.15, -0.1) is 0 Å². The minimum atomic E-state index is -3.50. The minimum Gasteiger partial charge on any atom is -0.369 e. The number of aromatic nitrogens is 1. The predicted octanol–water partition coefficient (Wildman–Crippen LogP) is 1.57. The van der Waals surface area contributed by atoms with E-state index >= 15 is 0 Å². The number of hydrogen-bond acceptors (Lipinski definition) is 5. The van der Waals surface area contributed by atoms with Crippen LogP contribution in [0.15, 0.2) is 59.8 Å². The van der Waals surface area contributed by atoms with Crippen LogP contribution in [0.1, 0.15) is 6.92 Å². The lowest BCUT2D eigenvalue weighted by atomic mass is 10.2. The second-order valence-corrected chi connectivity index (χ2v) is 8.02. The third-order valence-electron chi connectivity index (χ3n) is 4.57. The largest absolute Gasteiger partial charge is 0.369 e. The Bertz CT molecular complexity index is 760. The monoisotopic (exact) mass is 360 g/mol. The number of rotatable bonds is 6. The van der Waals surface area contributed by atoms with E-state index in [4.69, 9.17) is 0 Å². The van der Waals surface area contributed by atoms with Gasteiger partial charge in [0.2, 0.25) is 10.0 Å². The smallest absolute Gasteiger partial charge is 0.242 e. The van der Waals surface area contributed by atoms with Gasteiger partial charge in [0.05, 0.1) is 0 Å². The van der Waals surface area contributed by atoms with E-state index in [1.807, 2.05) is 6.07 Å². The Morgan fingerprint density at radius 1 is 1.08 bits per heavy atom. The molecule has 0 aliphatic carbocycles. The number of sulfonamides is 1. The molecule has 2 heterocycles. The Balaban J connectivity index is 1.51. The van der Waals surface area contributed by atoms with E-state index in [2.05, 4.69) is 50.7 Å². The van der Waals surface area contributed by atoms with Crippen molar-refractivity contribution in [1.82, 2.24) is 14.6 Å². The maximum absolute atomic E-state index is 12.3. The van der Waals surface area contributed by atoms with Gasteiger partial charge in [0, 0.05) is 56.8 Å². The van der Waals surface area contributed by atoms with E-state index in [1.165, 1.54) is 11.9 Å². The topological polar surface area (TPSA) is 65.5 Å². The summed E-state index contributed by atoms with van der Waals surface area (Å²) in [5, 5.41) is 0. The molecule has 1 aromatic carbocycles. The van der Waals surface area contributed by atoms with Crippen LogP contribution in [0, 0.1) is 0 Å². The minimum absolute atomic E-state index is 0.143. The lowest BCUT2D eigenvalue weighted by Gasteiger charge is -2.39. The van der Waals surface area contributed by atoms with Crippen molar-refractivity contribution in [2.45, 2.75) is 17.9 Å². The molecular formula is C18H24N4O2S. The van der Waals surface area contributed by atoms with Crippen LogP contribution in [0.5, 0.6) is 0 Å². The fourth-order valence-corrected chi connectivity index (χ4v) is 4.09. The van der Waals surface area contributed by atoms with Crippen molar-refractivity contribution in [3.05, 3.63) is 54.9 Å². The molecule has 1 aliphatic rings. The number of para-hydroxylation sites is 1. The Hall–Kier alpha value is -1.96. The van der Waals surface area contributed by atoms with Crippen LogP contribution in [0.25, 0.3) is 0 Å². The van der Waals surface area contributed by atoms with Gasteiger partial charge in [0.15, 0.2) is 0 Å². The van der Waals surface area contributed by atoms with E-state index in [0.29, 0.717) is 6.54 Å². The molecule has 7 heteroatoms. The van der Waals surface area contributed by atoms with Crippen molar-refractivity contribution in [2.24, 2.45) is 0 Å². The highest BCUT2D eigenvalue weighted by molar-refractivity contribution is 7.89. The average molecular weight is 360 g/mol. The summed E-state index contributed by atoms with van der Waals surface area (Å²) in [6, 6.07) is 13.7. The molecule has 0 bridgehead atoms. The van der Waals surface area contributed by atoms with Crippen molar-refractivity contribution >= 4 is 15.7 Å². The van der Waals surface area contributed by atoms with Crippen molar-refractivity contribution in [3.8, 4) is 0 Å². The molecule has 0 spiro atoms. The lowest BCUT2D eigenvalue weighted by molar-refractivity contribution is 0.198. The zero-order valence-corrected chi connectivity index (χ0v) is 15.2. The van der Waals surface area contributed by atoms with Gasteiger partial charge in [-0.3, -0.25) is 9.88 Å². The summed E-state index contributed by atoms with van der Waals surface area (Å²) >= 11 is 0. The molecular weight excluding hydrogens is 336 g/mol.